The Kier molecular flexibility index (Phi) is 6.07. The number of benzene rings is 3. The van der Waals surface area contributed by atoms with Crippen molar-refractivity contribution in [3.05, 3.63) is 108 Å². The molecular formula is C30H24N10O2S2. The Morgan fingerprint density at radius 3 is 1.57 bits per heavy atom. The van der Waals surface area contributed by atoms with Gasteiger partial charge in [0.1, 0.15) is 49.5 Å². The van der Waals surface area contributed by atoms with Crippen LogP contribution in [0.15, 0.2) is 95.8 Å². The number of hydrogen-bond donors (Lipinski definition) is 2. The number of thioether (sulfide) groups is 2. The molecule has 0 amide bonds. The van der Waals surface area contributed by atoms with E-state index >= 15 is 0 Å². The topological polar surface area (TPSA) is 130 Å². The van der Waals surface area contributed by atoms with E-state index in [1.54, 1.807) is 36.2 Å². The number of ether oxygens (including phenoxy) is 2. The van der Waals surface area contributed by atoms with Crippen molar-refractivity contribution in [2.24, 2.45) is 0 Å². The molecule has 0 saturated carbocycles. The lowest BCUT2D eigenvalue weighted by atomic mass is 9.94. The monoisotopic (exact) mass is 620 g/mol. The summed E-state index contributed by atoms with van der Waals surface area (Å²) < 4.78 is 16.5. The van der Waals surface area contributed by atoms with Crippen LogP contribution < -0.4 is 20.3 Å². The molecule has 0 radical (unpaired) electrons. The van der Waals surface area contributed by atoms with E-state index in [1.165, 1.54) is 0 Å². The lowest BCUT2D eigenvalue weighted by molar-refractivity contribution is 0.214. The van der Waals surface area contributed by atoms with E-state index in [4.69, 9.17) is 19.4 Å². The molecule has 0 bridgehead atoms. The zero-order chi connectivity index (χ0) is 29.0. The van der Waals surface area contributed by atoms with Crippen LogP contribution >= 0.6 is 23.5 Å². The second-order valence-electron chi connectivity index (χ2n) is 10.5. The highest BCUT2D eigenvalue weighted by Gasteiger charge is 2.42. The van der Waals surface area contributed by atoms with Gasteiger partial charge in [-0.25, -0.2) is 19.3 Å². The SMILES string of the molecule is c1ccc2c(c1)OCCOc1ccccc1C1Sc3nncn3NC1c1nc3ccccc3nc1C1Nn3cnnc3SC21. The van der Waals surface area contributed by atoms with Gasteiger partial charge in [-0.2, -0.15) is 0 Å². The van der Waals surface area contributed by atoms with E-state index in [1.807, 2.05) is 70.0 Å². The maximum Gasteiger partial charge on any atom is 0.210 e. The van der Waals surface area contributed by atoms with E-state index in [0.717, 1.165) is 55.4 Å². The Hall–Kier alpha value is -4.82. The summed E-state index contributed by atoms with van der Waals surface area (Å²) in [4.78, 5) is 10.7. The van der Waals surface area contributed by atoms with Gasteiger partial charge < -0.3 is 20.3 Å². The molecule has 14 heteroatoms. The van der Waals surface area contributed by atoms with Crippen LogP contribution in [0.1, 0.15) is 45.1 Å². The predicted molar refractivity (Wildman–Crippen MR) is 165 cm³/mol. The smallest absolute Gasteiger partial charge is 0.210 e. The minimum atomic E-state index is -0.315. The predicted octanol–water partition coefficient (Wildman–Crippen LogP) is 4.85. The Morgan fingerprint density at radius 2 is 1.07 bits per heavy atom. The zero-order valence-electron chi connectivity index (χ0n) is 23.0. The summed E-state index contributed by atoms with van der Waals surface area (Å²) in [6.07, 6.45) is 3.38. The second-order valence-corrected chi connectivity index (χ2v) is 12.7. The maximum absolute atomic E-state index is 6.38. The number of para-hydroxylation sites is 4. The Balaban J connectivity index is 1.32. The number of fused-ring (bicyclic) bond motifs is 12. The quantitative estimate of drug-likeness (QED) is 0.241. The lowest BCUT2D eigenvalue weighted by Crippen LogP contribution is -2.35. The lowest BCUT2D eigenvalue weighted by Gasteiger charge is -2.38. The fraction of sp³-hybridized carbons (Fsp3) is 0.200. The molecule has 0 saturated heterocycles. The van der Waals surface area contributed by atoms with Gasteiger partial charge in [-0.1, -0.05) is 72.1 Å². The molecule has 9 rings (SSSR count). The highest BCUT2D eigenvalue weighted by Crippen LogP contribution is 2.53. The number of hydrogen-bond acceptors (Lipinski definition) is 12. The minimum absolute atomic E-state index is 0.159. The first kappa shape index (κ1) is 25.7. The standard InChI is InChI=1S/C30H24N10O2S2/c1-5-11-21-17(7-1)27-25(37-39-15-31-35-29(39)43-27)23-24(34-20-10-4-3-9-19(20)33-23)26-28(44-30-36-32-16-40(30)38-26)18-8-2-6-12-22(18)42-14-13-41-21/h1-12,15-16,25-28,37-38H,13-14H2. The fourth-order valence-electron chi connectivity index (χ4n) is 5.96. The molecule has 3 aliphatic heterocycles. The normalized spacial score (nSPS) is 22.0. The van der Waals surface area contributed by atoms with Crippen LogP contribution in [-0.4, -0.2) is 52.9 Å². The third kappa shape index (κ3) is 4.24. The van der Waals surface area contributed by atoms with Crippen LogP contribution in [0, 0.1) is 0 Å². The van der Waals surface area contributed by atoms with Crippen molar-refractivity contribution >= 4 is 34.6 Å². The van der Waals surface area contributed by atoms with Gasteiger partial charge in [-0.15, -0.1) is 20.4 Å². The minimum Gasteiger partial charge on any atom is -0.490 e. The van der Waals surface area contributed by atoms with Gasteiger partial charge in [-0.05, 0) is 24.3 Å². The highest BCUT2D eigenvalue weighted by atomic mass is 32.2. The van der Waals surface area contributed by atoms with Gasteiger partial charge >= 0.3 is 0 Å². The first-order valence-corrected chi connectivity index (χ1v) is 15.9. The van der Waals surface area contributed by atoms with Crippen LogP contribution in [0.4, 0.5) is 0 Å². The Labute approximate surface area is 259 Å². The molecule has 44 heavy (non-hydrogen) atoms. The summed E-state index contributed by atoms with van der Waals surface area (Å²) >= 11 is 3.25. The van der Waals surface area contributed by atoms with Crippen molar-refractivity contribution in [2.75, 3.05) is 24.1 Å². The molecular weight excluding hydrogens is 597 g/mol. The number of nitrogens with zero attached hydrogens (tertiary/aromatic N) is 8. The summed E-state index contributed by atoms with van der Waals surface area (Å²) in [6.45, 7) is 0.762. The molecule has 3 aromatic carbocycles. The summed E-state index contributed by atoms with van der Waals surface area (Å²) in [7, 11) is 0. The van der Waals surface area contributed by atoms with Gasteiger partial charge in [0, 0.05) is 11.1 Å². The van der Waals surface area contributed by atoms with E-state index < -0.39 is 0 Å². The largest absolute Gasteiger partial charge is 0.490 e. The Bertz CT molecular complexity index is 1870. The van der Waals surface area contributed by atoms with E-state index in [0.29, 0.717) is 13.2 Å². The van der Waals surface area contributed by atoms with Crippen LogP contribution in [0.5, 0.6) is 11.5 Å². The third-order valence-corrected chi connectivity index (χ3v) is 10.5. The number of aromatic nitrogens is 8. The van der Waals surface area contributed by atoms with Gasteiger partial charge in [0.05, 0.1) is 32.9 Å². The van der Waals surface area contributed by atoms with Gasteiger partial charge in [0.25, 0.3) is 0 Å². The van der Waals surface area contributed by atoms with Gasteiger partial charge in [-0.3, -0.25) is 0 Å². The van der Waals surface area contributed by atoms with Crippen molar-refractivity contribution < 1.29 is 9.47 Å². The van der Waals surface area contributed by atoms with Crippen LogP contribution in [-0.2, 0) is 0 Å². The molecule has 3 aromatic heterocycles. The van der Waals surface area contributed by atoms with Crippen molar-refractivity contribution in [1.29, 1.82) is 0 Å². The average molecular weight is 621 g/mol. The molecule has 4 atom stereocenters. The molecule has 218 valence electrons. The molecule has 4 unspecified atom stereocenters. The molecule has 0 spiro atoms. The molecule has 2 N–H and O–H groups in total. The molecule has 6 aromatic rings. The van der Waals surface area contributed by atoms with E-state index in [-0.39, 0.29) is 22.6 Å². The summed E-state index contributed by atoms with van der Waals surface area (Å²) in [5, 5.41) is 18.3. The molecule has 0 fully saturated rings. The zero-order valence-corrected chi connectivity index (χ0v) is 24.7. The highest BCUT2D eigenvalue weighted by molar-refractivity contribution is 7.99. The van der Waals surface area contributed by atoms with Gasteiger partial charge in [0.2, 0.25) is 10.3 Å². The van der Waals surface area contributed by atoms with Crippen molar-refractivity contribution in [2.45, 2.75) is 32.9 Å². The van der Waals surface area contributed by atoms with Crippen LogP contribution in [0.3, 0.4) is 0 Å². The first-order chi connectivity index (χ1) is 21.8. The molecule has 0 aliphatic carbocycles. The van der Waals surface area contributed by atoms with E-state index in [9.17, 15) is 0 Å². The summed E-state index contributed by atoms with van der Waals surface area (Å²) in [5.74, 6) is 1.57. The van der Waals surface area contributed by atoms with E-state index in [2.05, 4.69) is 43.4 Å². The average Bonchev–Trinajstić information content (AvgIpc) is 3.74. The maximum atomic E-state index is 6.38. The number of nitrogens with one attached hydrogen (secondary N) is 2. The molecule has 12 nitrogen and oxygen atoms in total. The second kappa shape index (κ2) is 10.4. The van der Waals surface area contributed by atoms with Crippen molar-refractivity contribution in [1.82, 2.24) is 39.7 Å². The van der Waals surface area contributed by atoms with Crippen LogP contribution in [0.25, 0.3) is 11.0 Å². The molecule has 6 heterocycles. The fourth-order valence-corrected chi connectivity index (χ4v) is 8.33. The van der Waals surface area contributed by atoms with Crippen molar-refractivity contribution in [3.63, 3.8) is 0 Å². The third-order valence-electron chi connectivity index (χ3n) is 7.92. The summed E-state index contributed by atoms with van der Waals surface area (Å²) in [5.41, 5.74) is 12.6. The first-order valence-electron chi connectivity index (χ1n) is 14.2. The Morgan fingerprint density at radius 1 is 0.614 bits per heavy atom. The van der Waals surface area contributed by atoms with Crippen LogP contribution in [0.2, 0.25) is 0 Å². The number of rotatable bonds is 0. The van der Waals surface area contributed by atoms with Crippen molar-refractivity contribution in [3.8, 4) is 11.5 Å². The van der Waals surface area contributed by atoms with Gasteiger partial charge in [0.15, 0.2) is 0 Å². The molecule has 3 aliphatic rings. The summed E-state index contributed by atoms with van der Waals surface area (Å²) in [6, 6.07) is 23.6.